The summed E-state index contributed by atoms with van der Waals surface area (Å²) in [5.41, 5.74) is 2.81. The number of nitro benzene ring substituents is 1. The molecule has 1 amide bonds. The van der Waals surface area contributed by atoms with Crippen molar-refractivity contribution in [1.82, 2.24) is 14.3 Å². The highest BCUT2D eigenvalue weighted by molar-refractivity contribution is 7.15. The molecule has 0 aliphatic rings. The number of furan rings is 1. The van der Waals surface area contributed by atoms with Gasteiger partial charge in [-0.15, -0.1) is 11.3 Å². The molecule has 0 bridgehead atoms. The first kappa shape index (κ1) is 24.1. The van der Waals surface area contributed by atoms with E-state index in [9.17, 15) is 14.9 Å². The number of imidazole rings is 1. The van der Waals surface area contributed by atoms with Crippen LogP contribution in [0.25, 0.3) is 16.2 Å². The van der Waals surface area contributed by atoms with Crippen molar-refractivity contribution in [1.29, 1.82) is 0 Å². The molecule has 0 N–H and O–H groups in total. The molecule has 3 heterocycles. The molecule has 182 valence electrons. The Morgan fingerprint density at radius 3 is 2.67 bits per heavy atom. The van der Waals surface area contributed by atoms with Crippen molar-refractivity contribution in [3.8, 4) is 11.3 Å². The summed E-state index contributed by atoms with van der Waals surface area (Å²) in [4.78, 5) is 31.1. The normalized spacial score (nSPS) is 11.2. The first-order valence-corrected chi connectivity index (χ1v) is 12.5. The number of hydrogen-bond donors (Lipinski definition) is 0. The zero-order chi connectivity index (χ0) is 25.2. The van der Waals surface area contributed by atoms with Crippen LogP contribution in [0.3, 0.4) is 0 Å². The molecule has 0 fully saturated rings. The van der Waals surface area contributed by atoms with Gasteiger partial charge in [0.2, 0.25) is 0 Å². The van der Waals surface area contributed by atoms with E-state index in [1.165, 1.54) is 29.5 Å². The van der Waals surface area contributed by atoms with Crippen molar-refractivity contribution in [2.75, 3.05) is 6.54 Å². The Morgan fingerprint density at radius 1 is 1.17 bits per heavy atom. The summed E-state index contributed by atoms with van der Waals surface area (Å²) >= 11 is 13.8. The predicted molar refractivity (Wildman–Crippen MR) is 139 cm³/mol. The van der Waals surface area contributed by atoms with Crippen LogP contribution in [0.2, 0.25) is 10.0 Å². The van der Waals surface area contributed by atoms with Gasteiger partial charge >= 0.3 is 0 Å². The quantitative estimate of drug-likeness (QED) is 0.160. The number of hydrogen-bond acceptors (Lipinski definition) is 6. The summed E-state index contributed by atoms with van der Waals surface area (Å²) < 4.78 is 7.48. The summed E-state index contributed by atoms with van der Waals surface area (Å²) in [6, 6.07) is 14.9. The summed E-state index contributed by atoms with van der Waals surface area (Å²) in [6.45, 7) is 0.597. The van der Waals surface area contributed by atoms with Crippen LogP contribution >= 0.6 is 34.5 Å². The Hall–Kier alpha value is -3.66. The molecule has 0 unspecified atom stereocenters. The van der Waals surface area contributed by atoms with Gasteiger partial charge in [0.05, 0.1) is 34.0 Å². The highest BCUT2D eigenvalue weighted by Gasteiger charge is 2.22. The lowest BCUT2D eigenvalue weighted by Crippen LogP contribution is -2.32. The largest absolute Gasteiger partial charge is 0.467 e. The van der Waals surface area contributed by atoms with Gasteiger partial charge in [-0.3, -0.25) is 19.3 Å². The number of halogens is 2. The van der Waals surface area contributed by atoms with Crippen LogP contribution in [0.4, 0.5) is 5.69 Å². The van der Waals surface area contributed by atoms with Crippen LogP contribution in [0.5, 0.6) is 0 Å². The van der Waals surface area contributed by atoms with Crippen molar-refractivity contribution in [3.05, 3.63) is 110 Å². The number of thiazole rings is 1. The molecule has 11 heteroatoms. The number of carbonyl (C=O) groups excluding carboxylic acids is 1. The molecule has 0 aliphatic carbocycles. The van der Waals surface area contributed by atoms with Gasteiger partial charge in [-0.1, -0.05) is 35.3 Å². The average Bonchev–Trinajstić information content (AvgIpc) is 3.60. The third-order valence-corrected chi connectivity index (χ3v) is 7.12. The molecule has 0 atom stereocenters. The molecule has 0 spiro atoms. The molecule has 2 aromatic carbocycles. The topological polar surface area (TPSA) is 93.9 Å². The zero-order valence-corrected chi connectivity index (χ0v) is 21.0. The van der Waals surface area contributed by atoms with Gasteiger partial charge in [0.1, 0.15) is 5.76 Å². The van der Waals surface area contributed by atoms with E-state index < -0.39 is 4.92 Å². The Morgan fingerprint density at radius 2 is 1.97 bits per heavy atom. The van der Waals surface area contributed by atoms with E-state index in [-0.39, 0.29) is 28.7 Å². The Labute approximate surface area is 219 Å². The molecular weight excluding hydrogens is 523 g/mol. The molecule has 8 nitrogen and oxygen atoms in total. The van der Waals surface area contributed by atoms with Crippen LogP contribution in [0, 0.1) is 10.1 Å². The van der Waals surface area contributed by atoms with Crippen molar-refractivity contribution < 1.29 is 14.1 Å². The fourth-order valence-corrected chi connectivity index (χ4v) is 5.11. The van der Waals surface area contributed by atoms with Crippen molar-refractivity contribution in [2.45, 2.75) is 13.0 Å². The maximum atomic E-state index is 13.4. The standard InChI is InChI=1S/C25H18Cl2N4O4S/c26-17-5-3-16(4-6-17)23-14-30-19(15-36-25(30)28-23)9-10-29(13-20-2-1-11-35-20)24(32)21-8-7-18(31(33)34)12-22(21)27/h1-8,11-12,14-15H,9-10,13H2. The fourth-order valence-electron chi connectivity index (χ4n) is 3.82. The molecule has 5 rings (SSSR count). The van der Waals surface area contributed by atoms with Crippen molar-refractivity contribution >= 4 is 51.1 Å². The van der Waals surface area contributed by atoms with Gasteiger partial charge in [-0.05, 0) is 30.3 Å². The van der Waals surface area contributed by atoms with E-state index >= 15 is 0 Å². The molecule has 0 saturated carbocycles. The highest BCUT2D eigenvalue weighted by atomic mass is 35.5. The summed E-state index contributed by atoms with van der Waals surface area (Å²) in [6.07, 6.45) is 4.06. The number of rotatable bonds is 8. The van der Waals surface area contributed by atoms with E-state index in [2.05, 4.69) is 0 Å². The number of nitrogens with zero attached hydrogens (tertiary/aromatic N) is 4. The molecular formula is C25H18Cl2N4O4S. The second kappa shape index (κ2) is 10.1. The van der Waals surface area contributed by atoms with Gasteiger partial charge in [0.15, 0.2) is 4.96 Å². The zero-order valence-electron chi connectivity index (χ0n) is 18.6. The minimum Gasteiger partial charge on any atom is -0.467 e. The number of benzene rings is 2. The van der Waals surface area contributed by atoms with Gasteiger partial charge in [0.25, 0.3) is 11.6 Å². The van der Waals surface area contributed by atoms with Crippen molar-refractivity contribution in [2.24, 2.45) is 0 Å². The van der Waals surface area contributed by atoms with Crippen LogP contribution in [0.1, 0.15) is 21.8 Å². The van der Waals surface area contributed by atoms with E-state index in [0.717, 1.165) is 21.9 Å². The molecule has 3 aromatic heterocycles. The lowest BCUT2D eigenvalue weighted by molar-refractivity contribution is -0.384. The highest BCUT2D eigenvalue weighted by Crippen LogP contribution is 2.27. The molecule has 0 saturated heterocycles. The van der Waals surface area contributed by atoms with Gasteiger partial charge in [-0.25, -0.2) is 4.98 Å². The monoisotopic (exact) mass is 540 g/mol. The van der Waals surface area contributed by atoms with Crippen LogP contribution in [-0.2, 0) is 13.0 Å². The van der Waals surface area contributed by atoms with Gasteiger partial charge in [0, 0.05) is 53.0 Å². The first-order valence-electron chi connectivity index (χ1n) is 10.9. The Kier molecular flexibility index (Phi) is 6.77. The van der Waals surface area contributed by atoms with E-state index in [1.807, 2.05) is 40.2 Å². The number of amides is 1. The predicted octanol–water partition coefficient (Wildman–Crippen LogP) is 6.76. The minimum absolute atomic E-state index is 0.0267. The maximum Gasteiger partial charge on any atom is 0.270 e. The van der Waals surface area contributed by atoms with Gasteiger partial charge in [-0.2, -0.15) is 0 Å². The summed E-state index contributed by atoms with van der Waals surface area (Å²) in [7, 11) is 0. The van der Waals surface area contributed by atoms with E-state index in [0.29, 0.717) is 23.7 Å². The van der Waals surface area contributed by atoms with Crippen LogP contribution in [-0.4, -0.2) is 31.7 Å². The summed E-state index contributed by atoms with van der Waals surface area (Å²) in [5.74, 6) is 0.273. The third kappa shape index (κ3) is 4.99. The van der Waals surface area contributed by atoms with Crippen molar-refractivity contribution in [3.63, 3.8) is 0 Å². The minimum atomic E-state index is -0.550. The molecule has 0 radical (unpaired) electrons. The maximum absolute atomic E-state index is 13.4. The average molecular weight is 541 g/mol. The second-order valence-corrected chi connectivity index (χ2v) is 9.67. The Balaban J connectivity index is 1.39. The number of non-ortho nitro benzene ring substituents is 1. The van der Waals surface area contributed by atoms with E-state index in [4.69, 9.17) is 32.6 Å². The van der Waals surface area contributed by atoms with E-state index in [1.54, 1.807) is 23.3 Å². The smallest absolute Gasteiger partial charge is 0.270 e. The lowest BCUT2D eigenvalue weighted by Gasteiger charge is -2.22. The first-order chi connectivity index (χ1) is 17.4. The number of carbonyl (C=O) groups is 1. The summed E-state index contributed by atoms with van der Waals surface area (Å²) in [5, 5.41) is 13.8. The molecule has 5 aromatic rings. The SMILES string of the molecule is O=C(c1ccc([N+](=O)[O-])cc1Cl)N(CCc1csc2nc(-c3ccc(Cl)cc3)cn12)Cc1ccco1. The second-order valence-electron chi connectivity index (χ2n) is 7.99. The number of fused-ring (bicyclic) bond motifs is 1. The Bertz CT molecular complexity index is 1540. The number of nitro groups is 1. The lowest BCUT2D eigenvalue weighted by atomic mass is 10.1. The van der Waals surface area contributed by atoms with Crippen LogP contribution in [0.15, 0.2) is 76.9 Å². The molecule has 36 heavy (non-hydrogen) atoms. The number of aromatic nitrogens is 2. The van der Waals surface area contributed by atoms with Gasteiger partial charge < -0.3 is 9.32 Å². The molecule has 0 aliphatic heterocycles. The third-order valence-electron chi connectivity index (χ3n) is 5.67. The van der Waals surface area contributed by atoms with Crippen LogP contribution < -0.4 is 0 Å². The fraction of sp³-hybridized carbons (Fsp3) is 0.120.